The number of benzene rings is 1. The molecule has 0 amide bonds. The fraction of sp³-hybridized carbons (Fsp3) is 0.500. The van der Waals surface area contributed by atoms with E-state index in [1.54, 1.807) is 26.4 Å². The lowest BCUT2D eigenvalue weighted by Gasteiger charge is -2.17. The third kappa shape index (κ3) is 3.34. The van der Waals surface area contributed by atoms with Crippen LogP contribution >= 0.6 is 15.9 Å². The summed E-state index contributed by atoms with van der Waals surface area (Å²) in [6.45, 7) is 2.69. The number of hydrogen-bond donors (Lipinski definition) is 1. The van der Waals surface area contributed by atoms with Crippen molar-refractivity contribution in [1.82, 2.24) is 0 Å². The number of aliphatic hydroxyl groups is 1. The molecule has 1 aromatic rings. The average Bonchev–Trinajstić information content (AvgIpc) is 2.35. The maximum atomic E-state index is 9.98. The molecule has 0 aromatic heterocycles. The molecule has 0 fully saturated rings. The Labute approximate surface area is 110 Å². The molecule has 0 aliphatic rings. The maximum absolute atomic E-state index is 9.98. The zero-order chi connectivity index (χ0) is 12.8. The minimum absolute atomic E-state index is 0.242. The van der Waals surface area contributed by atoms with Crippen molar-refractivity contribution in [2.75, 3.05) is 27.4 Å². The lowest BCUT2D eigenvalue weighted by atomic mass is 10.1. The zero-order valence-corrected chi connectivity index (χ0v) is 11.8. The van der Waals surface area contributed by atoms with E-state index in [0.717, 1.165) is 0 Å². The first-order valence-electron chi connectivity index (χ1n) is 5.31. The Morgan fingerprint density at radius 1 is 1.29 bits per heavy atom. The van der Waals surface area contributed by atoms with Crippen LogP contribution in [-0.4, -0.2) is 32.5 Å². The highest BCUT2D eigenvalue weighted by atomic mass is 79.9. The molecule has 0 radical (unpaired) electrons. The van der Waals surface area contributed by atoms with E-state index in [1.165, 1.54) is 0 Å². The smallest absolute Gasteiger partial charge is 0.142 e. The molecule has 0 bridgehead atoms. The molecule has 1 aromatic carbocycles. The number of ether oxygens (including phenoxy) is 3. The Kier molecular flexibility index (Phi) is 5.74. The quantitative estimate of drug-likeness (QED) is 0.877. The van der Waals surface area contributed by atoms with Crippen LogP contribution in [0.1, 0.15) is 18.6 Å². The van der Waals surface area contributed by atoms with Crippen molar-refractivity contribution in [3.05, 3.63) is 22.2 Å². The predicted molar refractivity (Wildman–Crippen MR) is 68.7 cm³/mol. The van der Waals surface area contributed by atoms with Crippen LogP contribution in [0.2, 0.25) is 0 Å². The van der Waals surface area contributed by atoms with Crippen LogP contribution in [0.15, 0.2) is 16.6 Å². The Morgan fingerprint density at radius 2 is 2.00 bits per heavy atom. The van der Waals surface area contributed by atoms with Gasteiger partial charge in [0, 0.05) is 12.2 Å². The first-order chi connectivity index (χ1) is 8.15. The zero-order valence-electron chi connectivity index (χ0n) is 10.2. The number of rotatable bonds is 6. The summed E-state index contributed by atoms with van der Waals surface area (Å²) in [6.07, 6.45) is -0.716. The van der Waals surface area contributed by atoms with Crippen molar-refractivity contribution >= 4 is 15.9 Å². The largest absolute Gasteiger partial charge is 0.495 e. The summed E-state index contributed by atoms with van der Waals surface area (Å²) in [4.78, 5) is 0. The second-order valence-electron chi connectivity index (χ2n) is 3.38. The highest BCUT2D eigenvalue weighted by molar-refractivity contribution is 9.10. The molecule has 0 saturated heterocycles. The second kappa shape index (κ2) is 6.83. The fourth-order valence-electron chi connectivity index (χ4n) is 1.50. The van der Waals surface area contributed by atoms with E-state index in [2.05, 4.69) is 15.9 Å². The van der Waals surface area contributed by atoms with Gasteiger partial charge in [-0.1, -0.05) is 0 Å². The van der Waals surface area contributed by atoms with E-state index in [0.29, 0.717) is 28.1 Å². The van der Waals surface area contributed by atoms with Gasteiger partial charge in [0.1, 0.15) is 22.1 Å². The molecule has 1 atom stereocenters. The number of methoxy groups -OCH3 is 2. The molecule has 17 heavy (non-hydrogen) atoms. The molecule has 96 valence electrons. The van der Waals surface area contributed by atoms with Crippen LogP contribution in [-0.2, 0) is 4.74 Å². The minimum Gasteiger partial charge on any atom is -0.495 e. The first-order valence-corrected chi connectivity index (χ1v) is 6.11. The van der Waals surface area contributed by atoms with E-state index in [1.807, 2.05) is 6.92 Å². The standard InChI is InChI=1S/C12H17BrO4/c1-4-17-7-9(14)8-5-6-10(15-2)11(13)12(8)16-3/h5-6,9,14H,4,7H2,1-3H3. The SMILES string of the molecule is CCOCC(O)c1ccc(OC)c(Br)c1OC. The lowest BCUT2D eigenvalue weighted by molar-refractivity contribution is 0.0406. The van der Waals surface area contributed by atoms with Gasteiger partial charge < -0.3 is 19.3 Å². The summed E-state index contributed by atoms with van der Waals surface area (Å²) in [6, 6.07) is 3.54. The summed E-state index contributed by atoms with van der Waals surface area (Å²) in [5.41, 5.74) is 0.675. The molecule has 1 N–H and O–H groups in total. The van der Waals surface area contributed by atoms with Gasteiger partial charge in [0.25, 0.3) is 0 Å². The van der Waals surface area contributed by atoms with Crippen LogP contribution in [0.4, 0.5) is 0 Å². The fourth-order valence-corrected chi connectivity index (χ4v) is 2.18. The van der Waals surface area contributed by atoms with Crippen LogP contribution in [0.3, 0.4) is 0 Å². The maximum Gasteiger partial charge on any atom is 0.142 e. The highest BCUT2D eigenvalue weighted by Crippen LogP contribution is 2.39. The van der Waals surface area contributed by atoms with Crippen molar-refractivity contribution in [2.24, 2.45) is 0 Å². The second-order valence-corrected chi connectivity index (χ2v) is 4.17. The molecule has 0 spiro atoms. The summed E-state index contributed by atoms with van der Waals surface area (Å²) in [5.74, 6) is 1.23. The molecule has 0 aliphatic carbocycles. The minimum atomic E-state index is -0.716. The van der Waals surface area contributed by atoms with E-state index < -0.39 is 6.10 Å². The van der Waals surface area contributed by atoms with E-state index in [-0.39, 0.29) is 6.61 Å². The van der Waals surface area contributed by atoms with Crippen LogP contribution in [0.5, 0.6) is 11.5 Å². The Hall–Kier alpha value is -0.780. The topological polar surface area (TPSA) is 47.9 Å². The van der Waals surface area contributed by atoms with Crippen molar-refractivity contribution in [3.63, 3.8) is 0 Å². The van der Waals surface area contributed by atoms with E-state index in [4.69, 9.17) is 14.2 Å². The van der Waals surface area contributed by atoms with Crippen molar-refractivity contribution < 1.29 is 19.3 Å². The average molecular weight is 305 g/mol. The van der Waals surface area contributed by atoms with Crippen LogP contribution in [0.25, 0.3) is 0 Å². The van der Waals surface area contributed by atoms with Gasteiger partial charge in [-0.2, -0.15) is 0 Å². The van der Waals surface area contributed by atoms with Gasteiger partial charge in [-0.3, -0.25) is 0 Å². The number of halogens is 1. The van der Waals surface area contributed by atoms with E-state index >= 15 is 0 Å². The monoisotopic (exact) mass is 304 g/mol. The van der Waals surface area contributed by atoms with Gasteiger partial charge in [-0.15, -0.1) is 0 Å². The summed E-state index contributed by atoms with van der Waals surface area (Å²) >= 11 is 3.39. The van der Waals surface area contributed by atoms with Gasteiger partial charge in [0.15, 0.2) is 0 Å². The predicted octanol–water partition coefficient (Wildman–Crippen LogP) is 2.54. The van der Waals surface area contributed by atoms with Gasteiger partial charge >= 0.3 is 0 Å². The van der Waals surface area contributed by atoms with Crippen molar-refractivity contribution in [3.8, 4) is 11.5 Å². The normalized spacial score (nSPS) is 12.3. The van der Waals surface area contributed by atoms with Crippen molar-refractivity contribution in [1.29, 1.82) is 0 Å². The molecule has 1 rings (SSSR count). The molecule has 0 aliphatic heterocycles. The summed E-state index contributed by atoms with van der Waals surface area (Å²) in [7, 11) is 3.13. The molecular weight excluding hydrogens is 288 g/mol. The highest BCUT2D eigenvalue weighted by Gasteiger charge is 2.18. The Bertz CT molecular complexity index is 368. The summed E-state index contributed by atoms with van der Waals surface area (Å²) < 4.78 is 16.3. The van der Waals surface area contributed by atoms with Gasteiger partial charge in [0.05, 0.1) is 20.8 Å². The molecule has 1 unspecified atom stereocenters. The molecule has 4 nitrogen and oxygen atoms in total. The number of hydrogen-bond acceptors (Lipinski definition) is 4. The first kappa shape index (κ1) is 14.3. The Morgan fingerprint density at radius 3 is 2.53 bits per heavy atom. The lowest BCUT2D eigenvalue weighted by Crippen LogP contribution is -2.09. The third-order valence-corrected chi connectivity index (χ3v) is 3.11. The summed E-state index contributed by atoms with van der Waals surface area (Å²) in [5, 5.41) is 9.98. The molecule has 0 heterocycles. The number of aliphatic hydroxyl groups excluding tert-OH is 1. The molecule has 0 saturated carbocycles. The van der Waals surface area contributed by atoms with Crippen molar-refractivity contribution in [2.45, 2.75) is 13.0 Å². The van der Waals surface area contributed by atoms with Crippen LogP contribution in [0, 0.1) is 0 Å². The van der Waals surface area contributed by atoms with Gasteiger partial charge in [-0.25, -0.2) is 0 Å². The van der Waals surface area contributed by atoms with Gasteiger partial charge in [-0.05, 0) is 35.0 Å². The van der Waals surface area contributed by atoms with Crippen LogP contribution < -0.4 is 9.47 Å². The third-order valence-electron chi connectivity index (χ3n) is 2.36. The molecular formula is C12H17BrO4. The van der Waals surface area contributed by atoms with Gasteiger partial charge in [0.2, 0.25) is 0 Å². The van der Waals surface area contributed by atoms with E-state index in [9.17, 15) is 5.11 Å². The molecule has 5 heteroatoms. The Balaban J connectivity index is 3.03.